The molecule has 2 heteroatoms. The van der Waals surface area contributed by atoms with Crippen molar-refractivity contribution >= 4 is 49.6 Å². The summed E-state index contributed by atoms with van der Waals surface area (Å²) < 4.78 is 2.48. The summed E-state index contributed by atoms with van der Waals surface area (Å²) in [4.78, 5) is 2.47. The molecule has 0 radical (unpaired) electrons. The lowest BCUT2D eigenvalue weighted by molar-refractivity contribution is 1.18. The molecule has 0 aliphatic heterocycles. The van der Waals surface area contributed by atoms with Crippen molar-refractivity contribution in [2.75, 3.05) is 4.90 Å². The van der Waals surface area contributed by atoms with Crippen molar-refractivity contribution in [2.45, 2.75) is 0 Å². The molecule has 1 aromatic heterocycles. The Hall–Kier alpha value is -7.94. The van der Waals surface area contributed by atoms with E-state index in [4.69, 9.17) is 0 Å². The third-order valence-corrected chi connectivity index (χ3v) is 11.8. The van der Waals surface area contributed by atoms with Crippen molar-refractivity contribution in [3.63, 3.8) is 0 Å². The molecule has 282 valence electrons. The largest absolute Gasteiger partial charge is 0.309 e. The van der Waals surface area contributed by atoms with E-state index in [2.05, 4.69) is 252 Å². The molecule has 0 saturated heterocycles. The van der Waals surface area contributed by atoms with Crippen molar-refractivity contribution in [3.8, 4) is 50.2 Å². The van der Waals surface area contributed by atoms with Crippen LogP contribution in [0.1, 0.15) is 0 Å². The fourth-order valence-corrected chi connectivity index (χ4v) is 9.04. The maximum Gasteiger partial charge on any atom is 0.0618 e. The standard InChI is InChI=1S/C58H40N2/c1-4-18-41(19-5-1)42-34-36-46(37-35-42)59(58-49(44-20-6-2-7-21-44)29-17-30-50(58)45-22-8-3-9-23-45)47-38-39-54-53-28-13-15-33-56(53)60(57(54)40-47)55-32-14-12-27-52(55)51-31-16-25-43-24-10-11-26-48(43)51/h1-40H. The Morgan fingerprint density at radius 1 is 0.283 bits per heavy atom. The van der Waals surface area contributed by atoms with E-state index in [9.17, 15) is 0 Å². The van der Waals surface area contributed by atoms with Crippen LogP contribution in [0.2, 0.25) is 0 Å². The molecule has 0 saturated carbocycles. The van der Waals surface area contributed by atoms with Gasteiger partial charge in [-0.05, 0) is 75.0 Å². The number of hydrogen-bond acceptors (Lipinski definition) is 1. The monoisotopic (exact) mass is 764 g/mol. The molecule has 11 aromatic rings. The third-order valence-electron chi connectivity index (χ3n) is 11.8. The first-order chi connectivity index (χ1) is 29.8. The molecular weight excluding hydrogens is 725 g/mol. The lowest BCUT2D eigenvalue weighted by atomic mass is 9.94. The summed E-state index contributed by atoms with van der Waals surface area (Å²) in [5.74, 6) is 0. The minimum Gasteiger partial charge on any atom is -0.309 e. The van der Waals surface area contributed by atoms with E-state index in [1.807, 2.05) is 0 Å². The van der Waals surface area contributed by atoms with Crippen LogP contribution >= 0.6 is 0 Å². The summed E-state index contributed by atoms with van der Waals surface area (Å²) in [7, 11) is 0. The number of aromatic nitrogens is 1. The second-order valence-electron chi connectivity index (χ2n) is 15.3. The minimum atomic E-state index is 1.07. The Morgan fingerprint density at radius 2 is 0.767 bits per heavy atom. The Balaban J connectivity index is 1.20. The number of nitrogens with zero attached hydrogens (tertiary/aromatic N) is 2. The molecule has 2 nitrogen and oxygen atoms in total. The predicted octanol–water partition coefficient (Wildman–Crippen LogP) is 16.1. The van der Waals surface area contributed by atoms with Gasteiger partial charge in [-0.15, -0.1) is 0 Å². The van der Waals surface area contributed by atoms with Gasteiger partial charge in [-0.2, -0.15) is 0 Å². The maximum absolute atomic E-state index is 2.48. The van der Waals surface area contributed by atoms with Gasteiger partial charge in [0.15, 0.2) is 0 Å². The second-order valence-corrected chi connectivity index (χ2v) is 15.3. The van der Waals surface area contributed by atoms with Crippen LogP contribution in [0.5, 0.6) is 0 Å². The molecule has 1 heterocycles. The molecule has 0 amide bonds. The molecule has 0 aliphatic rings. The van der Waals surface area contributed by atoms with Crippen LogP contribution in [0.15, 0.2) is 243 Å². The van der Waals surface area contributed by atoms with Crippen LogP contribution in [0.3, 0.4) is 0 Å². The van der Waals surface area contributed by atoms with Gasteiger partial charge < -0.3 is 9.47 Å². The van der Waals surface area contributed by atoms with E-state index in [0.29, 0.717) is 0 Å². The summed E-state index contributed by atoms with van der Waals surface area (Å²) >= 11 is 0. The first kappa shape index (κ1) is 35.2. The van der Waals surface area contributed by atoms with Crippen molar-refractivity contribution in [2.24, 2.45) is 0 Å². The quantitative estimate of drug-likeness (QED) is 0.150. The number of anilines is 3. The van der Waals surface area contributed by atoms with Crippen LogP contribution in [0.25, 0.3) is 82.8 Å². The summed E-state index contributed by atoms with van der Waals surface area (Å²) in [6, 6.07) is 88.0. The molecule has 60 heavy (non-hydrogen) atoms. The molecule has 0 atom stereocenters. The van der Waals surface area contributed by atoms with Gasteiger partial charge in [0.2, 0.25) is 0 Å². The highest BCUT2D eigenvalue weighted by molar-refractivity contribution is 6.12. The Bertz CT molecular complexity index is 3230. The summed E-state index contributed by atoms with van der Waals surface area (Å²) in [5.41, 5.74) is 16.2. The molecule has 11 rings (SSSR count). The van der Waals surface area contributed by atoms with Crippen molar-refractivity contribution in [3.05, 3.63) is 243 Å². The second kappa shape index (κ2) is 15.1. The summed E-state index contributed by atoms with van der Waals surface area (Å²) in [6.07, 6.45) is 0. The molecule has 0 unspecified atom stereocenters. The number of fused-ring (bicyclic) bond motifs is 4. The lowest BCUT2D eigenvalue weighted by Gasteiger charge is -2.31. The number of rotatable bonds is 8. The maximum atomic E-state index is 2.48. The van der Waals surface area contributed by atoms with Crippen molar-refractivity contribution in [1.29, 1.82) is 0 Å². The van der Waals surface area contributed by atoms with E-state index < -0.39 is 0 Å². The molecule has 0 aliphatic carbocycles. The van der Waals surface area contributed by atoms with Crippen LogP contribution in [0, 0.1) is 0 Å². The third kappa shape index (κ3) is 6.14. The van der Waals surface area contributed by atoms with Crippen LogP contribution in [0.4, 0.5) is 17.1 Å². The zero-order valence-electron chi connectivity index (χ0n) is 33.0. The number of para-hydroxylation sites is 3. The van der Waals surface area contributed by atoms with Gasteiger partial charge in [-0.1, -0.05) is 206 Å². The molecule has 0 fully saturated rings. The highest BCUT2D eigenvalue weighted by atomic mass is 15.1. The first-order valence-corrected chi connectivity index (χ1v) is 20.6. The van der Waals surface area contributed by atoms with Crippen LogP contribution in [-0.2, 0) is 0 Å². The van der Waals surface area contributed by atoms with Crippen LogP contribution < -0.4 is 4.90 Å². The fourth-order valence-electron chi connectivity index (χ4n) is 9.04. The zero-order valence-corrected chi connectivity index (χ0v) is 33.0. The van der Waals surface area contributed by atoms with E-state index in [1.54, 1.807) is 0 Å². The molecule has 10 aromatic carbocycles. The van der Waals surface area contributed by atoms with Gasteiger partial charge in [0, 0.05) is 38.8 Å². The van der Waals surface area contributed by atoms with Crippen molar-refractivity contribution < 1.29 is 0 Å². The van der Waals surface area contributed by atoms with Gasteiger partial charge in [0.1, 0.15) is 0 Å². The van der Waals surface area contributed by atoms with Gasteiger partial charge >= 0.3 is 0 Å². The Labute approximate surface area is 350 Å². The highest BCUT2D eigenvalue weighted by Crippen LogP contribution is 2.48. The van der Waals surface area contributed by atoms with E-state index in [-0.39, 0.29) is 0 Å². The lowest BCUT2D eigenvalue weighted by Crippen LogP contribution is -2.13. The van der Waals surface area contributed by atoms with Crippen molar-refractivity contribution in [1.82, 2.24) is 4.57 Å². The molecule has 0 spiro atoms. The smallest absolute Gasteiger partial charge is 0.0618 e. The summed E-state index contributed by atoms with van der Waals surface area (Å²) in [6.45, 7) is 0. The Kier molecular flexibility index (Phi) is 8.87. The SMILES string of the molecule is c1ccc(-c2ccc(N(c3ccc4c5ccccc5n(-c5ccccc5-c5cccc6ccccc56)c4c3)c3c(-c4ccccc4)cccc3-c3ccccc3)cc2)cc1. The van der Waals surface area contributed by atoms with E-state index in [1.165, 1.54) is 49.3 Å². The normalized spacial score (nSPS) is 11.3. The Morgan fingerprint density at radius 3 is 1.48 bits per heavy atom. The van der Waals surface area contributed by atoms with Crippen LogP contribution in [-0.4, -0.2) is 4.57 Å². The minimum absolute atomic E-state index is 1.07. The number of benzene rings is 10. The van der Waals surface area contributed by atoms with Gasteiger partial charge in [0.05, 0.1) is 22.4 Å². The first-order valence-electron chi connectivity index (χ1n) is 20.6. The average molecular weight is 765 g/mol. The summed E-state index contributed by atoms with van der Waals surface area (Å²) in [5, 5.41) is 4.90. The van der Waals surface area contributed by atoms with E-state index >= 15 is 0 Å². The van der Waals surface area contributed by atoms with Gasteiger partial charge in [-0.3, -0.25) is 0 Å². The molecule has 0 N–H and O–H groups in total. The average Bonchev–Trinajstić information content (AvgIpc) is 3.66. The zero-order chi connectivity index (χ0) is 39.8. The fraction of sp³-hybridized carbons (Fsp3) is 0. The van der Waals surface area contributed by atoms with Gasteiger partial charge in [0.25, 0.3) is 0 Å². The molecule has 0 bridgehead atoms. The van der Waals surface area contributed by atoms with Gasteiger partial charge in [-0.25, -0.2) is 0 Å². The number of hydrogen-bond donors (Lipinski definition) is 0. The topological polar surface area (TPSA) is 8.17 Å². The highest BCUT2D eigenvalue weighted by Gasteiger charge is 2.24. The predicted molar refractivity (Wildman–Crippen MR) is 255 cm³/mol. The van der Waals surface area contributed by atoms with E-state index in [0.717, 1.165) is 50.5 Å². The molecular formula is C58H40N2.